The van der Waals surface area contributed by atoms with Gasteiger partial charge < -0.3 is 10.2 Å². The van der Waals surface area contributed by atoms with Gasteiger partial charge in [0.1, 0.15) is 0 Å². The summed E-state index contributed by atoms with van der Waals surface area (Å²) in [4.78, 5) is 17.7. The van der Waals surface area contributed by atoms with Crippen LogP contribution in [0.3, 0.4) is 0 Å². The summed E-state index contributed by atoms with van der Waals surface area (Å²) in [6.07, 6.45) is 1.91. The van der Waals surface area contributed by atoms with Gasteiger partial charge in [-0.05, 0) is 46.1 Å². The molecule has 1 heterocycles. The van der Waals surface area contributed by atoms with Gasteiger partial charge in [-0.2, -0.15) is 0 Å². The highest BCUT2D eigenvalue weighted by Gasteiger charge is 2.22. The van der Waals surface area contributed by atoms with Crippen molar-refractivity contribution in [2.24, 2.45) is 0 Å². The number of thiophene rings is 1. The van der Waals surface area contributed by atoms with Crippen molar-refractivity contribution >= 4 is 17.2 Å². The Kier molecular flexibility index (Phi) is 7.19. The van der Waals surface area contributed by atoms with Crippen LogP contribution >= 0.6 is 11.3 Å². The Morgan fingerprint density at radius 3 is 2.45 bits per heavy atom. The van der Waals surface area contributed by atoms with Gasteiger partial charge in [-0.1, -0.05) is 19.4 Å². The topological polar surface area (TPSA) is 35.6 Å². The van der Waals surface area contributed by atoms with E-state index in [0.717, 1.165) is 12.8 Å². The molecule has 114 valence electrons. The van der Waals surface area contributed by atoms with E-state index in [1.165, 1.54) is 4.88 Å². The molecule has 0 fully saturated rings. The summed E-state index contributed by atoms with van der Waals surface area (Å²) in [5, 5.41) is 5.18. The molecule has 2 atom stereocenters. The van der Waals surface area contributed by atoms with E-state index in [9.17, 15) is 4.79 Å². The number of likely N-dealkylation sites (N-methyl/N-ethyl adjacent to an activating group) is 2. The van der Waals surface area contributed by atoms with Crippen molar-refractivity contribution < 1.29 is 4.79 Å². The van der Waals surface area contributed by atoms with Crippen LogP contribution in [0.25, 0.3) is 0 Å². The molecule has 0 bridgehead atoms. The predicted molar refractivity (Wildman–Crippen MR) is 86.1 cm³/mol. The van der Waals surface area contributed by atoms with Gasteiger partial charge in [0.25, 0.3) is 0 Å². The second-order valence-electron chi connectivity index (χ2n) is 5.51. The van der Waals surface area contributed by atoms with E-state index in [1.54, 1.807) is 11.3 Å². The first-order chi connectivity index (χ1) is 9.47. The van der Waals surface area contributed by atoms with Crippen LogP contribution in [0.15, 0.2) is 17.5 Å². The van der Waals surface area contributed by atoms with Crippen LogP contribution in [-0.4, -0.2) is 56.5 Å². The van der Waals surface area contributed by atoms with Crippen molar-refractivity contribution in [2.75, 3.05) is 34.7 Å². The number of nitrogens with one attached hydrogen (secondary N) is 1. The number of nitrogens with zero attached hydrogens (tertiary/aromatic N) is 2. The van der Waals surface area contributed by atoms with Crippen LogP contribution in [0.2, 0.25) is 0 Å². The van der Waals surface area contributed by atoms with E-state index in [2.05, 4.69) is 34.7 Å². The largest absolute Gasteiger partial charge is 0.353 e. The summed E-state index contributed by atoms with van der Waals surface area (Å²) in [5.74, 6) is 0.125. The zero-order valence-corrected chi connectivity index (χ0v) is 14.0. The van der Waals surface area contributed by atoms with Crippen molar-refractivity contribution in [1.82, 2.24) is 15.1 Å². The van der Waals surface area contributed by atoms with Gasteiger partial charge in [-0.3, -0.25) is 9.69 Å². The predicted octanol–water partition coefficient (Wildman–Crippen LogP) is 2.20. The van der Waals surface area contributed by atoms with Gasteiger partial charge >= 0.3 is 0 Å². The second kappa shape index (κ2) is 8.39. The molecule has 0 saturated carbocycles. The van der Waals surface area contributed by atoms with Crippen LogP contribution in [0.1, 0.15) is 30.7 Å². The zero-order chi connectivity index (χ0) is 15.1. The van der Waals surface area contributed by atoms with Crippen LogP contribution < -0.4 is 5.32 Å². The standard InChI is InChI=1S/C15H27N3OS/c1-6-8-12(17(2)3)15(19)16-11-13(18(4)5)14-9-7-10-20-14/h7,9-10,12-13H,6,8,11H2,1-5H3,(H,16,19)/t12-,13+/m0/s1. The first kappa shape index (κ1) is 17.1. The number of carbonyl (C=O) groups excluding carboxylic acids is 1. The molecular formula is C15H27N3OS. The average molecular weight is 297 g/mol. The Bertz CT molecular complexity index is 390. The molecule has 0 aliphatic heterocycles. The fourth-order valence-corrected chi connectivity index (χ4v) is 3.15. The molecule has 1 N–H and O–H groups in total. The van der Waals surface area contributed by atoms with Crippen LogP contribution in [0.5, 0.6) is 0 Å². The minimum Gasteiger partial charge on any atom is -0.353 e. The van der Waals surface area contributed by atoms with E-state index in [4.69, 9.17) is 0 Å². The Hall–Kier alpha value is -0.910. The van der Waals surface area contributed by atoms with Gasteiger partial charge in [0, 0.05) is 11.4 Å². The van der Waals surface area contributed by atoms with Crippen molar-refractivity contribution in [2.45, 2.75) is 31.8 Å². The maximum absolute atomic E-state index is 12.3. The maximum Gasteiger partial charge on any atom is 0.237 e. The highest BCUT2D eigenvalue weighted by Crippen LogP contribution is 2.22. The zero-order valence-electron chi connectivity index (χ0n) is 13.2. The van der Waals surface area contributed by atoms with Crippen molar-refractivity contribution in [3.8, 4) is 0 Å². The normalized spacial score (nSPS) is 14.6. The number of hydrogen-bond donors (Lipinski definition) is 1. The lowest BCUT2D eigenvalue weighted by Crippen LogP contribution is -2.45. The summed E-state index contributed by atoms with van der Waals surface area (Å²) in [5.41, 5.74) is 0. The van der Waals surface area contributed by atoms with E-state index < -0.39 is 0 Å². The molecule has 0 unspecified atom stereocenters. The Balaban J connectivity index is 2.61. The molecule has 0 aliphatic rings. The summed E-state index contributed by atoms with van der Waals surface area (Å²) < 4.78 is 0. The highest BCUT2D eigenvalue weighted by atomic mass is 32.1. The van der Waals surface area contributed by atoms with Gasteiger partial charge in [-0.25, -0.2) is 0 Å². The molecule has 0 saturated heterocycles. The summed E-state index contributed by atoms with van der Waals surface area (Å²) in [7, 11) is 8.02. The maximum atomic E-state index is 12.3. The van der Waals surface area contributed by atoms with E-state index in [1.807, 2.05) is 33.1 Å². The third-order valence-electron chi connectivity index (χ3n) is 3.45. The van der Waals surface area contributed by atoms with Gasteiger partial charge in [0.2, 0.25) is 5.91 Å². The molecular weight excluding hydrogens is 270 g/mol. The molecule has 1 aromatic rings. The fourth-order valence-electron chi connectivity index (χ4n) is 2.23. The van der Waals surface area contributed by atoms with E-state index in [-0.39, 0.29) is 18.0 Å². The molecule has 1 rings (SSSR count). The number of amides is 1. The van der Waals surface area contributed by atoms with Gasteiger partial charge in [0.05, 0.1) is 12.1 Å². The van der Waals surface area contributed by atoms with Crippen LogP contribution in [0.4, 0.5) is 0 Å². The molecule has 0 spiro atoms. The molecule has 0 aromatic carbocycles. The number of hydrogen-bond acceptors (Lipinski definition) is 4. The molecule has 5 heteroatoms. The summed E-state index contributed by atoms with van der Waals surface area (Å²) >= 11 is 1.73. The third kappa shape index (κ3) is 4.89. The van der Waals surface area contributed by atoms with Gasteiger partial charge in [-0.15, -0.1) is 11.3 Å². The van der Waals surface area contributed by atoms with Crippen molar-refractivity contribution in [1.29, 1.82) is 0 Å². The second-order valence-corrected chi connectivity index (χ2v) is 6.49. The minimum absolute atomic E-state index is 0.0360. The Morgan fingerprint density at radius 2 is 2.00 bits per heavy atom. The van der Waals surface area contributed by atoms with Gasteiger partial charge in [0.15, 0.2) is 0 Å². The third-order valence-corrected chi connectivity index (χ3v) is 4.43. The molecule has 0 radical (unpaired) electrons. The monoisotopic (exact) mass is 297 g/mol. The Morgan fingerprint density at radius 1 is 1.30 bits per heavy atom. The molecule has 4 nitrogen and oxygen atoms in total. The van der Waals surface area contributed by atoms with Crippen LogP contribution in [0, 0.1) is 0 Å². The first-order valence-corrected chi connectivity index (χ1v) is 7.99. The molecule has 1 amide bonds. The number of rotatable bonds is 8. The average Bonchev–Trinajstić information content (AvgIpc) is 2.88. The van der Waals surface area contributed by atoms with E-state index >= 15 is 0 Å². The first-order valence-electron chi connectivity index (χ1n) is 7.11. The van der Waals surface area contributed by atoms with Crippen molar-refractivity contribution in [3.63, 3.8) is 0 Å². The van der Waals surface area contributed by atoms with Crippen molar-refractivity contribution in [3.05, 3.63) is 22.4 Å². The smallest absolute Gasteiger partial charge is 0.237 e. The Labute approximate surface area is 126 Å². The highest BCUT2D eigenvalue weighted by molar-refractivity contribution is 7.10. The molecule has 0 aliphatic carbocycles. The van der Waals surface area contributed by atoms with E-state index in [0.29, 0.717) is 6.54 Å². The minimum atomic E-state index is -0.0360. The fraction of sp³-hybridized carbons (Fsp3) is 0.667. The molecule has 1 aromatic heterocycles. The lowest BCUT2D eigenvalue weighted by molar-refractivity contribution is -0.126. The lowest BCUT2D eigenvalue weighted by atomic mass is 10.1. The summed E-state index contributed by atoms with van der Waals surface area (Å²) in [6, 6.07) is 4.38. The van der Waals surface area contributed by atoms with Crippen LogP contribution in [-0.2, 0) is 4.79 Å². The SMILES string of the molecule is CCC[C@@H](C(=O)NC[C@H](c1cccs1)N(C)C)N(C)C. The number of carbonyl (C=O) groups is 1. The molecule has 20 heavy (non-hydrogen) atoms. The lowest BCUT2D eigenvalue weighted by Gasteiger charge is -2.27. The quantitative estimate of drug-likeness (QED) is 0.799. The summed E-state index contributed by atoms with van der Waals surface area (Å²) in [6.45, 7) is 2.76.